The van der Waals surface area contributed by atoms with Crippen molar-refractivity contribution in [2.24, 2.45) is 0 Å². The Hall–Kier alpha value is -2.36. The summed E-state index contributed by atoms with van der Waals surface area (Å²) in [7, 11) is 0. The first kappa shape index (κ1) is 12.1. The monoisotopic (exact) mass is 243 g/mol. The van der Waals surface area contributed by atoms with Gasteiger partial charge in [-0.1, -0.05) is 24.3 Å². The first-order valence-corrected chi connectivity index (χ1v) is 5.54. The number of aryl methyl sites for hydroxylation is 1. The molecule has 0 aliphatic heterocycles. The summed E-state index contributed by atoms with van der Waals surface area (Å²) in [5.74, 6) is -1.19. The van der Waals surface area contributed by atoms with Gasteiger partial charge in [-0.05, 0) is 18.6 Å². The van der Waals surface area contributed by atoms with Crippen LogP contribution < -0.4 is 5.56 Å². The molecule has 1 aromatic carbocycles. The van der Waals surface area contributed by atoms with Gasteiger partial charge in [-0.25, -0.2) is 4.79 Å². The maximum absolute atomic E-state index is 12.2. The quantitative estimate of drug-likeness (QED) is 0.841. The van der Waals surface area contributed by atoms with E-state index in [0.717, 1.165) is 10.9 Å². The lowest BCUT2D eigenvalue weighted by Gasteiger charge is -2.12. The smallest absolute Gasteiger partial charge is 0.341 e. The van der Waals surface area contributed by atoms with Crippen LogP contribution in [0.25, 0.3) is 10.9 Å². The first-order chi connectivity index (χ1) is 8.57. The van der Waals surface area contributed by atoms with Gasteiger partial charge in [-0.3, -0.25) is 4.79 Å². The third kappa shape index (κ3) is 1.72. The minimum atomic E-state index is -1.19. The van der Waals surface area contributed by atoms with Gasteiger partial charge in [-0.2, -0.15) is 0 Å². The molecular weight excluding hydrogens is 230 g/mol. The van der Waals surface area contributed by atoms with Gasteiger partial charge >= 0.3 is 5.97 Å². The van der Waals surface area contributed by atoms with Crippen molar-refractivity contribution < 1.29 is 9.90 Å². The predicted molar refractivity (Wildman–Crippen MR) is 70.1 cm³/mol. The topological polar surface area (TPSA) is 59.3 Å². The van der Waals surface area contributed by atoms with Crippen LogP contribution in [0.1, 0.15) is 15.9 Å². The standard InChI is InChI=1S/C14H13NO3/c1-3-8-15-11-7-5-4-6-10(11)9(2)12(13(15)16)14(17)18/h3-7H,1,8H2,2H3,(H,17,18). The van der Waals surface area contributed by atoms with Crippen LogP contribution in [0.2, 0.25) is 0 Å². The van der Waals surface area contributed by atoms with Crippen LogP contribution in [-0.2, 0) is 6.54 Å². The van der Waals surface area contributed by atoms with E-state index in [0.29, 0.717) is 12.1 Å². The van der Waals surface area contributed by atoms with E-state index >= 15 is 0 Å². The number of allylic oxidation sites excluding steroid dienone is 1. The maximum atomic E-state index is 12.2. The fourth-order valence-electron chi connectivity index (χ4n) is 2.13. The Balaban J connectivity index is 3.01. The third-order valence-electron chi connectivity index (χ3n) is 2.96. The van der Waals surface area contributed by atoms with Crippen LogP contribution in [-0.4, -0.2) is 15.6 Å². The number of hydrogen-bond acceptors (Lipinski definition) is 2. The molecule has 1 heterocycles. The average molecular weight is 243 g/mol. The Bertz CT molecular complexity index is 698. The van der Waals surface area contributed by atoms with Gasteiger partial charge in [0.2, 0.25) is 0 Å². The molecule has 2 aromatic rings. The number of fused-ring (bicyclic) bond motifs is 1. The van der Waals surface area contributed by atoms with E-state index in [2.05, 4.69) is 6.58 Å². The van der Waals surface area contributed by atoms with Crippen molar-refractivity contribution in [3.63, 3.8) is 0 Å². The number of carboxylic acids is 1. The van der Waals surface area contributed by atoms with Crippen molar-refractivity contribution in [1.29, 1.82) is 0 Å². The van der Waals surface area contributed by atoms with Crippen molar-refractivity contribution in [1.82, 2.24) is 4.57 Å². The fourth-order valence-corrected chi connectivity index (χ4v) is 2.13. The van der Waals surface area contributed by atoms with Gasteiger partial charge in [0.1, 0.15) is 5.56 Å². The molecule has 0 bridgehead atoms. The Morgan fingerprint density at radius 3 is 2.72 bits per heavy atom. The minimum absolute atomic E-state index is 0.171. The summed E-state index contributed by atoms with van der Waals surface area (Å²) in [6.45, 7) is 5.54. The van der Waals surface area contributed by atoms with E-state index in [1.54, 1.807) is 19.1 Å². The molecule has 0 spiro atoms. The molecule has 0 aliphatic rings. The van der Waals surface area contributed by atoms with E-state index in [-0.39, 0.29) is 5.56 Å². The second kappa shape index (κ2) is 4.49. The summed E-state index contributed by atoms with van der Waals surface area (Å²) in [4.78, 5) is 23.4. The minimum Gasteiger partial charge on any atom is -0.477 e. The number of carbonyl (C=O) groups is 1. The Kier molecular flexibility index (Phi) is 3.02. The molecule has 4 nitrogen and oxygen atoms in total. The first-order valence-electron chi connectivity index (χ1n) is 5.54. The summed E-state index contributed by atoms with van der Waals surface area (Å²) in [6.07, 6.45) is 1.58. The molecule has 0 saturated heterocycles. The Morgan fingerprint density at radius 1 is 1.44 bits per heavy atom. The lowest BCUT2D eigenvalue weighted by atomic mass is 10.0. The molecule has 92 valence electrons. The average Bonchev–Trinajstić information content (AvgIpc) is 2.34. The van der Waals surface area contributed by atoms with Crippen molar-refractivity contribution in [3.8, 4) is 0 Å². The molecule has 1 N–H and O–H groups in total. The van der Waals surface area contributed by atoms with Gasteiger partial charge in [0, 0.05) is 11.9 Å². The van der Waals surface area contributed by atoms with E-state index in [4.69, 9.17) is 5.11 Å². The van der Waals surface area contributed by atoms with Gasteiger partial charge in [0.25, 0.3) is 5.56 Å². The zero-order valence-electron chi connectivity index (χ0n) is 10.0. The number of benzene rings is 1. The third-order valence-corrected chi connectivity index (χ3v) is 2.96. The molecule has 4 heteroatoms. The highest BCUT2D eigenvalue weighted by Crippen LogP contribution is 2.19. The van der Waals surface area contributed by atoms with Crippen LogP contribution >= 0.6 is 0 Å². The molecule has 0 aliphatic carbocycles. The van der Waals surface area contributed by atoms with Gasteiger partial charge in [0.05, 0.1) is 5.52 Å². The summed E-state index contributed by atoms with van der Waals surface area (Å²) in [5.41, 5.74) is 0.572. The second-order valence-electron chi connectivity index (χ2n) is 4.03. The lowest BCUT2D eigenvalue weighted by Crippen LogP contribution is -2.27. The van der Waals surface area contributed by atoms with Gasteiger partial charge < -0.3 is 9.67 Å². The largest absolute Gasteiger partial charge is 0.477 e. The van der Waals surface area contributed by atoms with Crippen LogP contribution in [0.5, 0.6) is 0 Å². The van der Waals surface area contributed by atoms with Gasteiger partial charge in [-0.15, -0.1) is 6.58 Å². The van der Waals surface area contributed by atoms with Crippen molar-refractivity contribution >= 4 is 16.9 Å². The Morgan fingerprint density at radius 2 is 2.11 bits per heavy atom. The highest BCUT2D eigenvalue weighted by Gasteiger charge is 2.18. The molecule has 0 radical (unpaired) electrons. The molecular formula is C14H13NO3. The number of para-hydroxylation sites is 1. The zero-order valence-corrected chi connectivity index (χ0v) is 10.0. The van der Waals surface area contributed by atoms with Crippen molar-refractivity contribution in [3.05, 3.63) is 58.4 Å². The number of rotatable bonds is 3. The van der Waals surface area contributed by atoms with Crippen LogP contribution in [0.4, 0.5) is 0 Å². The number of pyridine rings is 1. The summed E-state index contributed by atoms with van der Waals surface area (Å²) in [6, 6.07) is 7.26. The number of aromatic nitrogens is 1. The van der Waals surface area contributed by atoms with Crippen molar-refractivity contribution in [2.75, 3.05) is 0 Å². The maximum Gasteiger partial charge on any atom is 0.341 e. The fraction of sp³-hybridized carbons (Fsp3) is 0.143. The lowest BCUT2D eigenvalue weighted by molar-refractivity contribution is 0.0694. The van der Waals surface area contributed by atoms with E-state index < -0.39 is 11.5 Å². The molecule has 0 atom stereocenters. The van der Waals surface area contributed by atoms with Crippen LogP contribution in [0, 0.1) is 6.92 Å². The van der Waals surface area contributed by atoms with E-state index in [9.17, 15) is 9.59 Å². The zero-order chi connectivity index (χ0) is 13.3. The molecule has 0 unspecified atom stereocenters. The van der Waals surface area contributed by atoms with Crippen molar-refractivity contribution in [2.45, 2.75) is 13.5 Å². The Labute approximate surface area is 104 Å². The number of aromatic carboxylic acids is 1. The normalized spacial score (nSPS) is 10.5. The molecule has 0 fully saturated rings. The summed E-state index contributed by atoms with van der Waals surface area (Å²) in [5, 5.41) is 9.93. The SMILES string of the molecule is C=CCn1c(=O)c(C(=O)O)c(C)c2ccccc21. The summed E-state index contributed by atoms with van der Waals surface area (Å²) >= 11 is 0. The highest BCUT2D eigenvalue weighted by atomic mass is 16.4. The predicted octanol–water partition coefficient (Wildman–Crippen LogP) is 2.19. The van der Waals surface area contributed by atoms with Crippen LogP contribution in [0.15, 0.2) is 41.7 Å². The molecule has 18 heavy (non-hydrogen) atoms. The molecule has 0 saturated carbocycles. The van der Waals surface area contributed by atoms with E-state index in [1.165, 1.54) is 4.57 Å². The summed E-state index contributed by atoms with van der Waals surface area (Å²) < 4.78 is 1.43. The van der Waals surface area contributed by atoms with E-state index in [1.807, 2.05) is 18.2 Å². The van der Waals surface area contributed by atoms with Crippen LogP contribution in [0.3, 0.4) is 0 Å². The number of carboxylic acid groups (broad SMARTS) is 1. The molecule has 1 aromatic heterocycles. The molecule has 0 amide bonds. The highest BCUT2D eigenvalue weighted by molar-refractivity contribution is 5.95. The number of nitrogens with zero attached hydrogens (tertiary/aromatic N) is 1. The number of hydrogen-bond donors (Lipinski definition) is 1. The molecule has 2 rings (SSSR count). The second-order valence-corrected chi connectivity index (χ2v) is 4.03. The van der Waals surface area contributed by atoms with Gasteiger partial charge in [0.15, 0.2) is 0 Å².